The maximum atomic E-state index is 14.7. The van der Waals surface area contributed by atoms with Crippen LogP contribution in [0.25, 0.3) is 0 Å². The highest BCUT2D eigenvalue weighted by Crippen LogP contribution is 2.33. The number of halogens is 1. The van der Waals surface area contributed by atoms with E-state index < -0.39 is 32.4 Å². The van der Waals surface area contributed by atoms with Crippen LogP contribution in [-0.2, 0) is 16.9 Å². The summed E-state index contributed by atoms with van der Waals surface area (Å²) in [6.45, 7) is 6.73. The molecule has 1 N–H and O–H groups in total. The van der Waals surface area contributed by atoms with E-state index in [1.165, 1.54) is 6.92 Å². The molecule has 2 aromatic carbocycles. The zero-order valence-corrected chi connectivity index (χ0v) is 17.0. The van der Waals surface area contributed by atoms with Gasteiger partial charge in [-0.05, 0) is 33.8 Å². The van der Waals surface area contributed by atoms with E-state index in [2.05, 4.69) is 4.72 Å². The minimum absolute atomic E-state index is 0.0800. The third kappa shape index (κ3) is 5.15. The number of nitro benzene ring substituents is 1. The van der Waals surface area contributed by atoms with Crippen molar-refractivity contribution >= 4 is 22.8 Å². The number of carbonyl (C=O) groups excluding carboxylic acids is 1. The minimum Gasteiger partial charge on any atom is -0.598 e. The lowest BCUT2D eigenvalue weighted by Crippen LogP contribution is -2.51. The summed E-state index contributed by atoms with van der Waals surface area (Å²) in [7, 11) is 0. The lowest BCUT2D eigenvalue weighted by atomic mass is 9.85. The Morgan fingerprint density at radius 2 is 1.75 bits per heavy atom. The van der Waals surface area contributed by atoms with E-state index in [4.69, 9.17) is 0 Å². The van der Waals surface area contributed by atoms with Gasteiger partial charge in [-0.3, -0.25) is 14.9 Å². The van der Waals surface area contributed by atoms with Crippen LogP contribution in [0.2, 0.25) is 0 Å². The second kappa shape index (κ2) is 8.38. The van der Waals surface area contributed by atoms with Crippen molar-refractivity contribution in [2.75, 3.05) is 0 Å². The van der Waals surface area contributed by atoms with E-state index in [9.17, 15) is 23.9 Å². The van der Waals surface area contributed by atoms with Gasteiger partial charge in [-0.15, -0.1) is 4.72 Å². The van der Waals surface area contributed by atoms with E-state index in [1.807, 2.05) is 0 Å². The van der Waals surface area contributed by atoms with Crippen LogP contribution in [0.5, 0.6) is 0 Å². The highest BCUT2D eigenvalue weighted by Gasteiger charge is 2.41. The first-order valence-electron chi connectivity index (χ1n) is 8.66. The minimum atomic E-state index is -1.64. The van der Waals surface area contributed by atoms with E-state index in [-0.39, 0.29) is 23.5 Å². The Kier molecular flexibility index (Phi) is 6.59. The first kappa shape index (κ1) is 22.0. The van der Waals surface area contributed by atoms with Gasteiger partial charge >= 0.3 is 0 Å². The third-order valence-electron chi connectivity index (χ3n) is 4.24. The number of carbonyl (C=O) groups is 1. The van der Waals surface area contributed by atoms with Crippen LogP contribution in [0.4, 0.5) is 10.1 Å². The van der Waals surface area contributed by atoms with Crippen LogP contribution in [0.1, 0.15) is 50.0 Å². The number of ketones is 1. The van der Waals surface area contributed by atoms with Crippen molar-refractivity contribution in [3.63, 3.8) is 0 Å². The molecule has 0 saturated carbocycles. The molecule has 2 atom stereocenters. The number of nitrogens with zero attached hydrogens (tertiary/aromatic N) is 1. The molecule has 2 aromatic rings. The quantitative estimate of drug-likeness (QED) is 0.321. The molecule has 2 rings (SSSR count). The van der Waals surface area contributed by atoms with Crippen LogP contribution < -0.4 is 4.72 Å². The molecule has 0 bridgehead atoms. The van der Waals surface area contributed by atoms with E-state index in [0.29, 0.717) is 5.56 Å². The molecule has 0 heterocycles. The second-order valence-corrected chi connectivity index (χ2v) is 9.67. The summed E-state index contributed by atoms with van der Waals surface area (Å²) in [4.78, 5) is 23.3. The fourth-order valence-electron chi connectivity index (χ4n) is 2.64. The van der Waals surface area contributed by atoms with Crippen molar-refractivity contribution in [1.29, 1.82) is 0 Å². The van der Waals surface area contributed by atoms with Crippen molar-refractivity contribution in [3.8, 4) is 0 Å². The number of rotatable bonds is 7. The van der Waals surface area contributed by atoms with Crippen LogP contribution in [-0.4, -0.2) is 20.0 Å². The number of benzene rings is 2. The highest BCUT2D eigenvalue weighted by molar-refractivity contribution is 7.90. The highest BCUT2D eigenvalue weighted by atomic mass is 32.2. The van der Waals surface area contributed by atoms with Gasteiger partial charge in [-0.25, -0.2) is 4.39 Å². The zero-order valence-electron chi connectivity index (χ0n) is 16.2. The monoisotopic (exact) mass is 406 g/mol. The molecule has 0 aliphatic rings. The molecule has 0 amide bonds. The van der Waals surface area contributed by atoms with Crippen molar-refractivity contribution in [2.45, 2.75) is 44.4 Å². The lowest BCUT2D eigenvalue weighted by Gasteiger charge is -2.35. The summed E-state index contributed by atoms with van der Waals surface area (Å²) in [6, 6.07) is 11.6. The summed E-state index contributed by atoms with van der Waals surface area (Å²) in [5.41, 5.74) is -1.38. The van der Waals surface area contributed by atoms with Gasteiger partial charge in [0.05, 0.1) is 10.5 Å². The van der Waals surface area contributed by atoms with Gasteiger partial charge in [-0.2, -0.15) is 0 Å². The number of hydrogen-bond acceptors (Lipinski definition) is 5. The lowest BCUT2D eigenvalue weighted by molar-refractivity contribution is -0.385. The molecule has 0 aliphatic heterocycles. The summed E-state index contributed by atoms with van der Waals surface area (Å²) in [6.07, 6.45) is -0.225. The van der Waals surface area contributed by atoms with Crippen molar-refractivity contribution in [3.05, 3.63) is 75.6 Å². The van der Waals surface area contributed by atoms with Crippen LogP contribution in [0.3, 0.4) is 0 Å². The van der Waals surface area contributed by atoms with E-state index >= 15 is 0 Å². The average molecular weight is 406 g/mol. The van der Waals surface area contributed by atoms with Gasteiger partial charge in [0.1, 0.15) is 10.6 Å². The molecule has 0 radical (unpaired) electrons. The number of nitro groups is 1. The Bertz CT molecular complexity index is 870. The van der Waals surface area contributed by atoms with Crippen molar-refractivity contribution < 1.29 is 18.7 Å². The SMILES string of the molecule is CC(C)(C)[S+]([O-])N[C@@](C)(CC(=O)c1ccccc1)c1cc([N+](=O)[O-])ccc1F. The molecule has 150 valence electrons. The Hall–Kier alpha value is -2.29. The summed E-state index contributed by atoms with van der Waals surface area (Å²) < 4.78 is 29.5. The molecule has 6 nitrogen and oxygen atoms in total. The van der Waals surface area contributed by atoms with Crippen molar-refractivity contribution in [1.82, 2.24) is 4.72 Å². The van der Waals surface area contributed by atoms with E-state index in [1.54, 1.807) is 51.1 Å². The molecular weight excluding hydrogens is 383 g/mol. The van der Waals surface area contributed by atoms with Crippen molar-refractivity contribution in [2.24, 2.45) is 0 Å². The van der Waals surface area contributed by atoms with Gasteiger partial charge in [0.15, 0.2) is 5.78 Å². The molecule has 0 saturated heterocycles. The van der Waals surface area contributed by atoms with Gasteiger partial charge < -0.3 is 4.55 Å². The molecular formula is C20H23FN2O4S. The summed E-state index contributed by atoms with van der Waals surface area (Å²) in [5, 5.41) is 11.2. The van der Waals surface area contributed by atoms with Gasteiger partial charge in [0.2, 0.25) is 0 Å². The molecule has 0 fully saturated rings. The van der Waals surface area contributed by atoms with Gasteiger partial charge in [0.25, 0.3) is 5.69 Å². The predicted molar refractivity (Wildman–Crippen MR) is 107 cm³/mol. The van der Waals surface area contributed by atoms with Crippen LogP contribution in [0, 0.1) is 15.9 Å². The van der Waals surface area contributed by atoms with Gasteiger partial charge in [0, 0.05) is 41.0 Å². The molecule has 0 aromatic heterocycles. The summed E-state index contributed by atoms with van der Waals surface area (Å²) >= 11 is -1.64. The Balaban J connectivity index is 2.51. The maximum Gasteiger partial charge on any atom is 0.269 e. The average Bonchev–Trinajstić information content (AvgIpc) is 2.61. The Morgan fingerprint density at radius 3 is 2.29 bits per heavy atom. The number of non-ortho nitro benzene ring substituents is 1. The normalized spacial score (nSPS) is 14.9. The molecule has 28 heavy (non-hydrogen) atoms. The smallest absolute Gasteiger partial charge is 0.269 e. The molecule has 0 aliphatic carbocycles. The van der Waals surface area contributed by atoms with Crippen LogP contribution in [0.15, 0.2) is 48.5 Å². The predicted octanol–water partition coefficient (Wildman–Crippen LogP) is 4.27. The number of Topliss-reactive ketones (excluding diaryl/α,β-unsaturated/α-hetero) is 1. The summed E-state index contributed by atoms with van der Waals surface area (Å²) in [5.74, 6) is -1.01. The molecule has 1 unspecified atom stereocenters. The van der Waals surface area contributed by atoms with Gasteiger partial charge in [-0.1, -0.05) is 30.3 Å². The zero-order chi connectivity index (χ0) is 21.1. The molecule has 8 heteroatoms. The first-order chi connectivity index (χ1) is 12.9. The fraction of sp³-hybridized carbons (Fsp3) is 0.350. The number of nitrogens with one attached hydrogen (secondary N) is 1. The largest absolute Gasteiger partial charge is 0.598 e. The molecule has 0 spiro atoms. The Morgan fingerprint density at radius 1 is 1.14 bits per heavy atom. The first-order valence-corrected chi connectivity index (χ1v) is 9.81. The maximum absolute atomic E-state index is 14.7. The topological polar surface area (TPSA) is 95.3 Å². The van der Waals surface area contributed by atoms with Crippen LogP contribution >= 0.6 is 0 Å². The van der Waals surface area contributed by atoms with E-state index in [0.717, 1.165) is 18.2 Å². The fourth-order valence-corrected chi connectivity index (χ4v) is 3.54. The Labute approximate surface area is 166 Å². The number of hydrogen-bond donors (Lipinski definition) is 1. The third-order valence-corrected chi connectivity index (χ3v) is 5.99. The second-order valence-electron chi connectivity index (χ2n) is 7.70. The standard InChI is InChI=1S/C20H23FN2O4S/c1-19(2,3)28(27)22-20(4,13-18(24)14-8-6-5-7-9-14)16-12-15(23(25)26)10-11-17(16)21/h5-12,22H,13H2,1-4H3/t20-,28?/m0/s1.